The quantitative estimate of drug-likeness (QED) is 0.783. The second-order valence-electron chi connectivity index (χ2n) is 3.95. The highest BCUT2D eigenvalue weighted by atomic mass is 16.3. The van der Waals surface area contributed by atoms with Crippen LogP contribution in [0.5, 0.6) is 0 Å². The van der Waals surface area contributed by atoms with Crippen LogP contribution in [0.25, 0.3) is 0 Å². The monoisotopic (exact) mass is 187 g/mol. The Labute approximate surface area is 83.8 Å². The summed E-state index contributed by atoms with van der Waals surface area (Å²) >= 11 is 0. The highest BCUT2D eigenvalue weighted by molar-refractivity contribution is 5.32. The zero-order valence-corrected chi connectivity index (χ0v) is 7.98. The molecular formula is C12H13NO. The molecule has 0 unspecified atom stereocenters. The number of aliphatic hydroxyl groups excluding tert-OH is 1. The second kappa shape index (κ2) is 3.81. The molecule has 14 heavy (non-hydrogen) atoms. The standard InChI is InChI=1S/C12H13NO/c13-7-10-3-1-9(2-4-10)5-11-6-12(11)8-14/h1-4,11-12,14H,5-6,8H2/t11-,12+/m0/s1. The van der Waals surface area contributed by atoms with Gasteiger partial charge in [0.25, 0.3) is 0 Å². The third-order valence-electron chi connectivity index (χ3n) is 2.88. The first-order chi connectivity index (χ1) is 6.83. The summed E-state index contributed by atoms with van der Waals surface area (Å²) in [6.07, 6.45) is 2.19. The van der Waals surface area contributed by atoms with Gasteiger partial charge in [-0.2, -0.15) is 5.26 Å². The van der Waals surface area contributed by atoms with E-state index in [1.165, 1.54) is 5.56 Å². The van der Waals surface area contributed by atoms with Gasteiger partial charge in [0, 0.05) is 6.61 Å². The number of benzene rings is 1. The summed E-state index contributed by atoms with van der Waals surface area (Å²) in [6.45, 7) is 0.320. The van der Waals surface area contributed by atoms with E-state index in [9.17, 15) is 0 Å². The van der Waals surface area contributed by atoms with Crippen molar-refractivity contribution >= 4 is 0 Å². The van der Waals surface area contributed by atoms with E-state index in [4.69, 9.17) is 10.4 Å². The first-order valence-corrected chi connectivity index (χ1v) is 4.93. The summed E-state index contributed by atoms with van der Waals surface area (Å²) in [5, 5.41) is 17.5. The minimum atomic E-state index is 0.320. The van der Waals surface area contributed by atoms with Crippen LogP contribution in [0.4, 0.5) is 0 Å². The highest BCUT2D eigenvalue weighted by Gasteiger charge is 2.35. The van der Waals surface area contributed by atoms with Crippen molar-refractivity contribution in [3.05, 3.63) is 35.4 Å². The van der Waals surface area contributed by atoms with Gasteiger partial charge in [-0.1, -0.05) is 12.1 Å². The Bertz CT molecular complexity index is 350. The van der Waals surface area contributed by atoms with Gasteiger partial charge < -0.3 is 5.11 Å². The van der Waals surface area contributed by atoms with E-state index >= 15 is 0 Å². The van der Waals surface area contributed by atoms with Gasteiger partial charge in [0.1, 0.15) is 0 Å². The number of nitrogens with zero attached hydrogens (tertiary/aromatic N) is 1. The average molecular weight is 187 g/mol. The van der Waals surface area contributed by atoms with Gasteiger partial charge >= 0.3 is 0 Å². The Morgan fingerprint density at radius 1 is 1.29 bits per heavy atom. The summed E-state index contributed by atoms with van der Waals surface area (Å²) in [5.74, 6) is 1.18. The molecule has 2 rings (SSSR count). The van der Waals surface area contributed by atoms with Crippen LogP contribution in [0.1, 0.15) is 17.5 Å². The van der Waals surface area contributed by atoms with Crippen molar-refractivity contribution in [1.29, 1.82) is 5.26 Å². The molecule has 2 nitrogen and oxygen atoms in total. The molecule has 0 radical (unpaired) electrons. The fourth-order valence-corrected chi connectivity index (χ4v) is 1.80. The van der Waals surface area contributed by atoms with Crippen LogP contribution in [0.3, 0.4) is 0 Å². The molecule has 1 aliphatic rings. The maximum absolute atomic E-state index is 8.89. The molecule has 0 amide bonds. The van der Waals surface area contributed by atoms with Crippen LogP contribution in [-0.2, 0) is 6.42 Å². The van der Waals surface area contributed by atoms with Crippen LogP contribution in [-0.4, -0.2) is 11.7 Å². The van der Waals surface area contributed by atoms with Crippen LogP contribution in [0, 0.1) is 23.2 Å². The molecule has 0 spiro atoms. The summed E-state index contributed by atoms with van der Waals surface area (Å²) < 4.78 is 0. The fraction of sp³-hybridized carbons (Fsp3) is 0.417. The van der Waals surface area contributed by atoms with Crippen LogP contribution in [0.2, 0.25) is 0 Å². The lowest BCUT2D eigenvalue weighted by Gasteiger charge is -1.99. The summed E-state index contributed by atoms with van der Waals surface area (Å²) in [4.78, 5) is 0. The molecule has 1 fully saturated rings. The van der Waals surface area contributed by atoms with Crippen molar-refractivity contribution < 1.29 is 5.11 Å². The Morgan fingerprint density at radius 2 is 2.00 bits per heavy atom. The molecule has 2 atom stereocenters. The van der Waals surface area contributed by atoms with Gasteiger partial charge in [0.15, 0.2) is 0 Å². The number of nitriles is 1. The van der Waals surface area contributed by atoms with E-state index in [1.807, 2.05) is 24.3 Å². The summed E-state index contributed by atoms with van der Waals surface area (Å²) in [7, 11) is 0. The van der Waals surface area contributed by atoms with Crippen molar-refractivity contribution in [3.63, 3.8) is 0 Å². The molecule has 2 heteroatoms. The van der Waals surface area contributed by atoms with Gasteiger partial charge in [-0.3, -0.25) is 0 Å². The van der Waals surface area contributed by atoms with Gasteiger partial charge in [-0.15, -0.1) is 0 Å². The van der Waals surface area contributed by atoms with E-state index in [-0.39, 0.29) is 0 Å². The molecule has 1 N–H and O–H groups in total. The molecular weight excluding hydrogens is 174 g/mol. The molecule has 1 saturated carbocycles. The van der Waals surface area contributed by atoms with Crippen molar-refractivity contribution in [2.45, 2.75) is 12.8 Å². The molecule has 1 aromatic rings. The number of hydrogen-bond donors (Lipinski definition) is 1. The molecule has 0 bridgehead atoms. The Hall–Kier alpha value is -1.33. The van der Waals surface area contributed by atoms with E-state index < -0.39 is 0 Å². The molecule has 1 aromatic carbocycles. The van der Waals surface area contributed by atoms with Gasteiger partial charge in [-0.25, -0.2) is 0 Å². The molecule has 0 saturated heterocycles. The van der Waals surface area contributed by atoms with Gasteiger partial charge in [-0.05, 0) is 42.4 Å². The third kappa shape index (κ3) is 1.94. The fourth-order valence-electron chi connectivity index (χ4n) is 1.80. The molecule has 72 valence electrons. The zero-order chi connectivity index (χ0) is 9.97. The Kier molecular flexibility index (Phi) is 2.51. The predicted molar refractivity (Wildman–Crippen MR) is 53.5 cm³/mol. The number of rotatable bonds is 3. The van der Waals surface area contributed by atoms with Crippen LogP contribution in [0.15, 0.2) is 24.3 Å². The molecule has 0 aromatic heterocycles. The average Bonchev–Trinajstić information content (AvgIpc) is 2.98. The zero-order valence-electron chi connectivity index (χ0n) is 7.98. The topological polar surface area (TPSA) is 44.0 Å². The van der Waals surface area contributed by atoms with Crippen molar-refractivity contribution in [1.82, 2.24) is 0 Å². The van der Waals surface area contributed by atoms with Gasteiger partial charge in [0.05, 0.1) is 11.6 Å². The normalized spacial score (nSPS) is 24.3. The van der Waals surface area contributed by atoms with E-state index in [1.54, 1.807) is 0 Å². The highest BCUT2D eigenvalue weighted by Crippen LogP contribution is 2.40. The van der Waals surface area contributed by atoms with Gasteiger partial charge in [0.2, 0.25) is 0 Å². The second-order valence-corrected chi connectivity index (χ2v) is 3.95. The maximum atomic E-state index is 8.89. The van der Waals surface area contributed by atoms with Crippen LogP contribution < -0.4 is 0 Å². The Balaban J connectivity index is 1.95. The van der Waals surface area contributed by atoms with Crippen molar-refractivity contribution in [2.75, 3.05) is 6.61 Å². The maximum Gasteiger partial charge on any atom is 0.0991 e. The van der Waals surface area contributed by atoms with Crippen LogP contribution >= 0.6 is 0 Å². The predicted octanol–water partition coefficient (Wildman–Crippen LogP) is 1.73. The lowest BCUT2D eigenvalue weighted by molar-refractivity contribution is 0.268. The first-order valence-electron chi connectivity index (χ1n) is 4.93. The summed E-state index contributed by atoms with van der Waals surface area (Å²) in [6, 6.07) is 9.82. The van der Waals surface area contributed by atoms with E-state index in [0.717, 1.165) is 12.8 Å². The lowest BCUT2D eigenvalue weighted by Crippen LogP contribution is -1.93. The van der Waals surface area contributed by atoms with E-state index in [0.29, 0.717) is 24.0 Å². The van der Waals surface area contributed by atoms with E-state index in [2.05, 4.69) is 6.07 Å². The molecule has 0 heterocycles. The minimum Gasteiger partial charge on any atom is -0.396 e. The number of aliphatic hydroxyl groups is 1. The number of hydrogen-bond acceptors (Lipinski definition) is 2. The van der Waals surface area contributed by atoms with Crippen molar-refractivity contribution in [2.24, 2.45) is 11.8 Å². The smallest absolute Gasteiger partial charge is 0.0991 e. The lowest BCUT2D eigenvalue weighted by atomic mass is 10.1. The Morgan fingerprint density at radius 3 is 2.50 bits per heavy atom. The van der Waals surface area contributed by atoms with Crippen molar-refractivity contribution in [3.8, 4) is 6.07 Å². The SMILES string of the molecule is N#Cc1ccc(C[C@H]2C[C@@H]2CO)cc1. The minimum absolute atomic E-state index is 0.320. The summed E-state index contributed by atoms with van der Waals surface area (Å²) in [5.41, 5.74) is 1.98. The third-order valence-corrected chi connectivity index (χ3v) is 2.88. The molecule has 1 aliphatic carbocycles. The first kappa shape index (κ1) is 9.23. The largest absolute Gasteiger partial charge is 0.396 e. The molecule has 0 aliphatic heterocycles.